The van der Waals surface area contributed by atoms with E-state index in [9.17, 15) is 4.79 Å². The number of nitrogens with zero attached hydrogens (tertiary/aromatic N) is 7. The molecular weight excluding hydrogens is 382 g/mol. The highest BCUT2D eigenvalue weighted by molar-refractivity contribution is 5.96. The maximum Gasteiger partial charge on any atom is 0.316 e. The number of piperidine rings is 2. The molecule has 5 heterocycles. The average Bonchev–Trinajstić information content (AvgIpc) is 3.30. The van der Waals surface area contributed by atoms with Gasteiger partial charge < -0.3 is 9.64 Å². The number of pyridine rings is 1. The van der Waals surface area contributed by atoms with Crippen LogP contribution in [0.4, 0.5) is 0 Å². The first-order valence-electron chi connectivity index (χ1n) is 10.2. The van der Waals surface area contributed by atoms with Gasteiger partial charge in [-0.25, -0.2) is 15.0 Å². The molecule has 2 aliphatic heterocycles. The van der Waals surface area contributed by atoms with E-state index in [0.717, 1.165) is 30.5 Å². The molecule has 0 aromatic carbocycles. The zero-order chi connectivity index (χ0) is 20.7. The molecule has 3 aromatic heterocycles. The van der Waals surface area contributed by atoms with Crippen molar-refractivity contribution in [2.24, 2.45) is 5.92 Å². The van der Waals surface area contributed by atoms with Crippen LogP contribution in [0, 0.1) is 19.8 Å². The highest BCUT2D eigenvalue weighted by atomic mass is 16.5. The van der Waals surface area contributed by atoms with Crippen LogP contribution in [0.3, 0.4) is 0 Å². The summed E-state index contributed by atoms with van der Waals surface area (Å²) in [4.78, 5) is 30.1. The molecule has 1 saturated carbocycles. The first-order chi connectivity index (χ1) is 14.6. The van der Waals surface area contributed by atoms with E-state index < -0.39 is 0 Å². The normalized spacial score (nSPS) is 22.9. The largest absolute Gasteiger partial charge is 0.458 e. The molecule has 3 aromatic rings. The Hall–Kier alpha value is -3.36. The van der Waals surface area contributed by atoms with Crippen LogP contribution in [-0.4, -0.2) is 59.4 Å². The summed E-state index contributed by atoms with van der Waals surface area (Å²) in [5.41, 5.74) is 2.70. The van der Waals surface area contributed by atoms with E-state index >= 15 is 0 Å². The zero-order valence-corrected chi connectivity index (χ0v) is 17.0. The van der Waals surface area contributed by atoms with Gasteiger partial charge in [0.1, 0.15) is 11.8 Å². The number of aryl methyl sites for hydroxylation is 2. The van der Waals surface area contributed by atoms with Crippen LogP contribution in [-0.2, 0) is 0 Å². The standard InChI is InChI=1S/C21H23N7O2/c1-13-10-22-21(23-11-13)30-18-9-15-4-6-16(18)27(12-15)20(29)19-17(5-3-14(2)26-19)28-24-7-8-25-28/h3,5,7-8,10-11,15-16,18H,4,6,9,12H2,1-2H3. The highest BCUT2D eigenvalue weighted by Gasteiger charge is 2.45. The van der Waals surface area contributed by atoms with Gasteiger partial charge in [-0.05, 0) is 56.7 Å². The van der Waals surface area contributed by atoms with E-state index in [-0.39, 0.29) is 18.1 Å². The van der Waals surface area contributed by atoms with Gasteiger partial charge in [0, 0.05) is 24.6 Å². The van der Waals surface area contributed by atoms with Crippen LogP contribution in [0.15, 0.2) is 36.9 Å². The number of ether oxygens (including phenoxy) is 1. The van der Waals surface area contributed by atoms with E-state index in [0.29, 0.717) is 29.9 Å². The van der Waals surface area contributed by atoms with Crippen molar-refractivity contribution >= 4 is 5.91 Å². The third-order valence-corrected chi connectivity index (χ3v) is 5.85. The van der Waals surface area contributed by atoms with Gasteiger partial charge in [0.05, 0.1) is 18.4 Å². The van der Waals surface area contributed by atoms with Crippen molar-refractivity contribution in [1.82, 2.24) is 34.8 Å². The molecular formula is C21H23N7O2. The quantitative estimate of drug-likeness (QED) is 0.656. The van der Waals surface area contributed by atoms with Crippen molar-refractivity contribution in [3.05, 3.63) is 53.9 Å². The van der Waals surface area contributed by atoms with Crippen molar-refractivity contribution in [1.29, 1.82) is 0 Å². The van der Waals surface area contributed by atoms with Crippen LogP contribution in [0.2, 0.25) is 0 Å². The van der Waals surface area contributed by atoms with Gasteiger partial charge >= 0.3 is 6.01 Å². The first-order valence-corrected chi connectivity index (χ1v) is 10.2. The minimum absolute atomic E-state index is 0.0341. The summed E-state index contributed by atoms with van der Waals surface area (Å²) in [5.74, 6) is 0.282. The van der Waals surface area contributed by atoms with E-state index in [1.165, 1.54) is 4.80 Å². The lowest BCUT2D eigenvalue weighted by atomic mass is 9.77. The van der Waals surface area contributed by atoms with Crippen LogP contribution < -0.4 is 4.74 Å². The summed E-state index contributed by atoms with van der Waals surface area (Å²) >= 11 is 0. The third kappa shape index (κ3) is 3.40. The Morgan fingerprint density at radius 2 is 1.87 bits per heavy atom. The molecule has 0 spiro atoms. The second-order valence-corrected chi connectivity index (χ2v) is 8.04. The predicted molar refractivity (Wildman–Crippen MR) is 107 cm³/mol. The highest BCUT2D eigenvalue weighted by Crippen LogP contribution is 2.37. The SMILES string of the molecule is Cc1cnc(OC2CC3CCC2N(C(=O)c2nc(C)ccc2-n2nccn2)C3)nc1. The van der Waals surface area contributed by atoms with Crippen molar-refractivity contribution in [3.8, 4) is 11.7 Å². The summed E-state index contributed by atoms with van der Waals surface area (Å²) in [7, 11) is 0. The molecule has 2 saturated heterocycles. The lowest BCUT2D eigenvalue weighted by Gasteiger charge is -2.49. The number of fused-ring (bicyclic) bond motifs is 3. The molecule has 2 bridgehead atoms. The fraction of sp³-hybridized carbons (Fsp3) is 0.429. The summed E-state index contributed by atoms with van der Waals surface area (Å²) in [6, 6.07) is 4.03. The molecule has 9 nitrogen and oxygen atoms in total. The van der Waals surface area contributed by atoms with Gasteiger partial charge in [-0.1, -0.05) is 0 Å². The summed E-state index contributed by atoms with van der Waals surface area (Å²) in [6.45, 7) is 4.52. The average molecular weight is 405 g/mol. The fourth-order valence-electron chi connectivity index (χ4n) is 4.41. The van der Waals surface area contributed by atoms with E-state index in [4.69, 9.17) is 4.74 Å². The predicted octanol–water partition coefficient (Wildman–Crippen LogP) is 2.14. The molecule has 0 radical (unpaired) electrons. The number of hydrogen-bond acceptors (Lipinski definition) is 7. The summed E-state index contributed by atoms with van der Waals surface area (Å²) in [5, 5.41) is 8.37. The van der Waals surface area contributed by atoms with Crippen LogP contribution in [0.1, 0.15) is 41.0 Å². The molecule has 3 atom stereocenters. The number of amides is 1. The monoisotopic (exact) mass is 405 g/mol. The van der Waals surface area contributed by atoms with Crippen LogP contribution >= 0.6 is 0 Å². The maximum atomic E-state index is 13.6. The van der Waals surface area contributed by atoms with Gasteiger partial charge in [0.25, 0.3) is 5.91 Å². The van der Waals surface area contributed by atoms with Crippen LogP contribution in [0.5, 0.6) is 6.01 Å². The number of aromatic nitrogens is 6. The number of rotatable bonds is 4. The van der Waals surface area contributed by atoms with Crippen LogP contribution in [0.25, 0.3) is 5.69 Å². The second kappa shape index (κ2) is 7.47. The zero-order valence-electron chi connectivity index (χ0n) is 17.0. The van der Waals surface area contributed by atoms with E-state index in [2.05, 4.69) is 25.1 Å². The fourth-order valence-corrected chi connectivity index (χ4v) is 4.41. The molecule has 0 N–H and O–H groups in total. The molecule has 3 fully saturated rings. The van der Waals surface area contributed by atoms with E-state index in [1.807, 2.05) is 30.9 Å². The van der Waals surface area contributed by atoms with Gasteiger partial charge in [-0.15, -0.1) is 4.80 Å². The number of carbonyl (C=O) groups excluding carboxylic acids is 1. The van der Waals surface area contributed by atoms with Gasteiger partial charge in [0.15, 0.2) is 5.69 Å². The Labute approximate surface area is 174 Å². The molecule has 154 valence electrons. The third-order valence-electron chi connectivity index (χ3n) is 5.85. The smallest absolute Gasteiger partial charge is 0.316 e. The molecule has 3 unspecified atom stereocenters. The Bertz CT molecular complexity index is 1050. The van der Waals surface area contributed by atoms with E-state index in [1.54, 1.807) is 24.8 Å². The summed E-state index contributed by atoms with van der Waals surface area (Å²) < 4.78 is 6.12. The number of hydrogen-bond donors (Lipinski definition) is 0. The molecule has 3 aliphatic rings. The first kappa shape index (κ1) is 18.7. The van der Waals surface area contributed by atoms with Crippen molar-refractivity contribution in [2.75, 3.05) is 6.54 Å². The van der Waals surface area contributed by atoms with Crippen molar-refractivity contribution in [2.45, 2.75) is 45.3 Å². The second-order valence-electron chi connectivity index (χ2n) is 8.04. The van der Waals surface area contributed by atoms with Crippen molar-refractivity contribution < 1.29 is 9.53 Å². The molecule has 9 heteroatoms. The Balaban J connectivity index is 1.44. The van der Waals surface area contributed by atoms with Gasteiger partial charge in [-0.3, -0.25) is 4.79 Å². The van der Waals surface area contributed by atoms with Gasteiger partial charge in [-0.2, -0.15) is 10.2 Å². The lowest BCUT2D eigenvalue weighted by Crippen LogP contribution is -2.59. The number of carbonyl (C=O) groups is 1. The Morgan fingerprint density at radius 1 is 1.10 bits per heavy atom. The topological polar surface area (TPSA) is 98.9 Å². The molecule has 1 aliphatic carbocycles. The molecule has 6 rings (SSSR count). The van der Waals surface area contributed by atoms with Crippen molar-refractivity contribution in [3.63, 3.8) is 0 Å². The minimum atomic E-state index is -0.125. The maximum absolute atomic E-state index is 13.6. The minimum Gasteiger partial charge on any atom is -0.458 e. The summed E-state index contributed by atoms with van der Waals surface area (Å²) in [6.07, 6.45) is 9.43. The Kier molecular flexibility index (Phi) is 4.65. The Morgan fingerprint density at radius 3 is 2.60 bits per heavy atom. The molecule has 30 heavy (non-hydrogen) atoms. The van der Waals surface area contributed by atoms with Gasteiger partial charge in [0.2, 0.25) is 0 Å². The molecule has 1 amide bonds. The lowest BCUT2D eigenvalue weighted by molar-refractivity contribution is -0.0333.